The Morgan fingerprint density at radius 3 is 2.20 bits per heavy atom. The van der Waals surface area contributed by atoms with E-state index >= 15 is 0 Å². The van der Waals surface area contributed by atoms with E-state index in [1.807, 2.05) is 67.4 Å². The van der Waals surface area contributed by atoms with Crippen molar-refractivity contribution in [2.24, 2.45) is 5.92 Å². The highest BCUT2D eigenvalue weighted by Crippen LogP contribution is 2.39. The predicted molar refractivity (Wildman–Crippen MR) is 150 cm³/mol. The number of piperazine rings is 1. The molecule has 0 radical (unpaired) electrons. The van der Waals surface area contributed by atoms with E-state index in [2.05, 4.69) is 62.5 Å². The van der Waals surface area contributed by atoms with E-state index in [4.69, 9.17) is 4.74 Å². The molecule has 2 heterocycles. The second-order valence-corrected chi connectivity index (χ2v) is 8.48. The van der Waals surface area contributed by atoms with Gasteiger partial charge < -0.3 is 19.9 Å². The first-order valence-electron chi connectivity index (χ1n) is 12.4. The van der Waals surface area contributed by atoms with Crippen LogP contribution in [-0.2, 0) is 9.53 Å². The number of carbonyl (C=O) groups excluding carboxylic acids is 1. The minimum Gasteiger partial charge on any atom is -0.381 e. The van der Waals surface area contributed by atoms with Gasteiger partial charge in [0.25, 0.3) is 0 Å². The van der Waals surface area contributed by atoms with Gasteiger partial charge in [0.15, 0.2) is 0 Å². The average Bonchev–Trinajstić information content (AvgIpc) is 2.88. The summed E-state index contributed by atoms with van der Waals surface area (Å²) in [7, 11) is 3.83. The number of hydrogen-bond acceptors (Lipinski definition) is 4. The first-order valence-corrected chi connectivity index (χ1v) is 12.4. The number of nitrogens with zero attached hydrogens (tertiary/aromatic N) is 2. The van der Waals surface area contributed by atoms with Crippen LogP contribution in [-0.4, -0.2) is 55.1 Å². The van der Waals surface area contributed by atoms with E-state index in [1.54, 1.807) is 7.11 Å². The summed E-state index contributed by atoms with van der Waals surface area (Å²) in [5.74, 6) is 0.0487. The summed E-state index contributed by atoms with van der Waals surface area (Å²) in [4.78, 5) is 17.3. The second-order valence-electron chi connectivity index (χ2n) is 8.48. The maximum Gasteiger partial charge on any atom is 0.229 e. The number of piperidine rings is 1. The minimum absolute atomic E-state index is 0.141. The molecule has 0 aromatic heterocycles. The highest BCUT2D eigenvalue weighted by atomic mass is 16.5. The van der Waals surface area contributed by atoms with Gasteiger partial charge in [-0.15, -0.1) is 13.2 Å². The molecule has 0 bridgehead atoms. The summed E-state index contributed by atoms with van der Waals surface area (Å²) >= 11 is 0. The highest BCUT2D eigenvalue weighted by Gasteiger charge is 2.44. The van der Waals surface area contributed by atoms with Crippen molar-refractivity contribution in [3.8, 4) is 0 Å². The van der Waals surface area contributed by atoms with Crippen molar-refractivity contribution in [3.05, 3.63) is 97.1 Å². The van der Waals surface area contributed by atoms with Gasteiger partial charge in [0.05, 0.1) is 29.5 Å². The zero-order chi connectivity index (χ0) is 26.3. The maximum absolute atomic E-state index is 13.0. The number of nitrogens with one attached hydrogen (secondary N) is 1. The fourth-order valence-electron chi connectivity index (χ4n) is 4.62. The van der Waals surface area contributed by atoms with Gasteiger partial charge >= 0.3 is 0 Å². The van der Waals surface area contributed by atoms with Crippen molar-refractivity contribution in [1.82, 2.24) is 15.1 Å². The Kier molecular flexibility index (Phi) is 13.5. The number of rotatable bonds is 7. The smallest absolute Gasteiger partial charge is 0.229 e. The molecule has 0 aromatic rings. The number of likely N-dealkylation sites (N-methyl/N-ethyl adjacent to an activating group) is 1. The molecule has 2 rings (SSSR count). The Hall–Kier alpha value is -3.05. The molecule has 2 aliphatic rings. The largest absolute Gasteiger partial charge is 0.381 e. The summed E-state index contributed by atoms with van der Waals surface area (Å²) in [5, 5.41) is 3.82. The SMILES string of the molecule is C/C=C1\N(C)C(=C/C)/C(=C\COC)NC12CCN(C(=O)C(C)/C=C/C=C\C=C/C=C/C)CC2.C=C. The van der Waals surface area contributed by atoms with Gasteiger partial charge in [0.1, 0.15) is 0 Å². The van der Waals surface area contributed by atoms with Crippen LogP contribution in [0, 0.1) is 5.92 Å². The lowest BCUT2D eigenvalue weighted by Crippen LogP contribution is -2.61. The highest BCUT2D eigenvalue weighted by molar-refractivity contribution is 5.80. The third-order valence-electron chi connectivity index (χ3n) is 6.33. The molecule has 1 spiro atoms. The monoisotopic (exact) mass is 479 g/mol. The van der Waals surface area contributed by atoms with E-state index in [-0.39, 0.29) is 17.4 Å². The molecule has 1 atom stereocenters. The van der Waals surface area contributed by atoms with Crippen LogP contribution in [0.15, 0.2) is 97.1 Å². The number of ether oxygens (including phenoxy) is 1. The van der Waals surface area contributed by atoms with Crippen molar-refractivity contribution in [2.75, 3.05) is 33.9 Å². The van der Waals surface area contributed by atoms with Crippen LogP contribution < -0.4 is 5.32 Å². The first-order chi connectivity index (χ1) is 16.9. The van der Waals surface area contributed by atoms with Gasteiger partial charge in [-0.2, -0.15) is 0 Å². The van der Waals surface area contributed by atoms with Gasteiger partial charge in [-0.05, 0) is 39.7 Å². The summed E-state index contributed by atoms with van der Waals surface area (Å²) in [6.45, 7) is 16.1. The molecule has 1 N–H and O–H groups in total. The van der Waals surface area contributed by atoms with Crippen LogP contribution in [0.5, 0.6) is 0 Å². The zero-order valence-corrected chi connectivity index (χ0v) is 22.6. The lowest BCUT2D eigenvalue weighted by Gasteiger charge is -2.52. The van der Waals surface area contributed by atoms with Crippen molar-refractivity contribution >= 4 is 5.91 Å². The Morgan fingerprint density at radius 2 is 1.66 bits per heavy atom. The summed E-state index contributed by atoms with van der Waals surface area (Å²) in [5.41, 5.74) is 3.34. The van der Waals surface area contributed by atoms with Crippen molar-refractivity contribution in [2.45, 2.75) is 46.1 Å². The molecule has 5 heteroatoms. The fourth-order valence-corrected chi connectivity index (χ4v) is 4.62. The normalized spacial score (nSPS) is 22.6. The van der Waals surface area contributed by atoms with Crippen LogP contribution in [0.3, 0.4) is 0 Å². The van der Waals surface area contributed by atoms with Gasteiger partial charge in [0.2, 0.25) is 5.91 Å². The van der Waals surface area contributed by atoms with E-state index in [1.165, 1.54) is 5.70 Å². The molecule has 2 aliphatic heterocycles. The van der Waals surface area contributed by atoms with Crippen LogP contribution in [0.1, 0.15) is 40.5 Å². The molecule has 5 nitrogen and oxygen atoms in total. The van der Waals surface area contributed by atoms with Gasteiger partial charge in [-0.1, -0.05) is 67.7 Å². The third kappa shape index (κ3) is 8.00. The van der Waals surface area contributed by atoms with Crippen LogP contribution >= 0.6 is 0 Å². The molecule has 2 saturated heterocycles. The summed E-state index contributed by atoms with van der Waals surface area (Å²) in [6.07, 6.45) is 23.9. The summed E-state index contributed by atoms with van der Waals surface area (Å²) < 4.78 is 5.29. The molecule has 35 heavy (non-hydrogen) atoms. The van der Waals surface area contributed by atoms with Crippen molar-refractivity contribution in [1.29, 1.82) is 0 Å². The second kappa shape index (κ2) is 15.8. The molecule has 0 aliphatic carbocycles. The van der Waals surface area contributed by atoms with Crippen molar-refractivity contribution in [3.63, 3.8) is 0 Å². The third-order valence-corrected chi connectivity index (χ3v) is 6.33. The molecule has 0 aromatic carbocycles. The number of hydrogen-bond donors (Lipinski definition) is 1. The van der Waals surface area contributed by atoms with Crippen LogP contribution in [0.25, 0.3) is 0 Å². The molecule has 1 amide bonds. The molecule has 2 fully saturated rings. The first kappa shape index (κ1) is 30.0. The predicted octanol–water partition coefficient (Wildman–Crippen LogP) is 5.90. The lowest BCUT2D eigenvalue weighted by molar-refractivity contribution is -0.135. The van der Waals surface area contributed by atoms with E-state index in [9.17, 15) is 4.79 Å². The molecular formula is C30H45N3O2. The Bertz CT molecular complexity index is 881. The van der Waals surface area contributed by atoms with Gasteiger partial charge in [0, 0.05) is 32.9 Å². The van der Waals surface area contributed by atoms with Crippen LogP contribution in [0.2, 0.25) is 0 Å². The summed E-state index contributed by atoms with van der Waals surface area (Å²) in [6, 6.07) is 0. The maximum atomic E-state index is 13.0. The zero-order valence-electron chi connectivity index (χ0n) is 22.6. The number of likely N-dealkylation sites (tertiary alicyclic amines) is 1. The molecule has 0 saturated carbocycles. The molecular weight excluding hydrogens is 434 g/mol. The topological polar surface area (TPSA) is 44.8 Å². The Labute approximate surface area is 213 Å². The van der Waals surface area contributed by atoms with Crippen molar-refractivity contribution < 1.29 is 9.53 Å². The van der Waals surface area contributed by atoms with E-state index < -0.39 is 0 Å². The minimum atomic E-state index is -0.173. The number of carbonyl (C=O) groups is 1. The quantitative estimate of drug-likeness (QED) is 0.365. The van der Waals surface area contributed by atoms with Gasteiger partial charge in [-0.3, -0.25) is 4.79 Å². The lowest BCUT2D eigenvalue weighted by atomic mass is 9.80. The van der Waals surface area contributed by atoms with Gasteiger partial charge in [-0.25, -0.2) is 0 Å². The molecule has 1 unspecified atom stereocenters. The Balaban J connectivity index is 0.00000298. The number of amides is 1. The fraction of sp³-hybridized carbons (Fsp3) is 0.433. The van der Waals surface area contributed by atoms with Crippen LogP contribution in [0.4, 0.5) is 0 Å². The average molecular weight is 480 g/mol. The number of methoxy groups -OCH3 is 1. The van der Waals surface area contributed by atoms with E-state index in [0.717, 1.165) is 37.3 Å². The van der Waals surface area contributed by atoms with E-state index in [0.29, 0.717) is 6.61 Å². The number of allylic oxidation sites excluding steroid dienone is 9. The molecule has 192 valence electrons. The Morgan fingerprint density at radius 1 is 1.06 bits per heavy atom. The standard InChI is InChI=1S/C28H41N3O2.C2H4/c1-7-10-11-12-13-14-15-16-23(4)27(32)31-20-18-28(19-21-31)26(9-3)30(5)25(8-2)24(29-28)17-22-33-6;1-2/h7-17,23,29H,18-22H2,1-6H3;1-2H2/b10-7+,12-11-,14-13-,16-15+,24-17+,25-8+,26-9-;.